The molecule has 4 nitrogen and oxygen atoms in total. The van der Waals surface area contributed by atoms with Crippen LogP contribution in [0.5, 0.6) is 11.5 Å². The number of hydrogen-bond donors (Lipinski definition) is 2. The highest BCUT2D eigenvalue weighted by Gasteiger charge is 1.97. The van der Waals surface area contributed by atoms with E-state index in [9.17, 15) is 0 Å². The van der Waals surface area contributed by atoms with Crippen LogP contribution in [0.2, 0.25) is 0 Å². The third kappa shape index (κ3) is 7.68. The Hall–Kier alpha value is -2.36. The molecule has 2 aromatic rings. The van der Waals surface area contributed by atoms with Crippen LogP contribution in [0.3, 0.4) is 0 Å². The van der Waals surface area contributed by atoms with Crippen molar-refractivity contribution >= 4 is 11.4 Å². The van der Waals surface area contributed by atoms with Crippen LogP contribution in [0.4, 0.5) is 11.4 Å². The molecule has 0 fully saturated rings. The lowest BCUT2D eigenvalue weighted by Gasteiger charge is -2.11. The molecule has 0 bridgehead atoms. The fourth-order valence-corrected chi connectivity index (χ4v) is 2.42. The molecule has 2 N–H and O–H groups in total. The van der Waals surface area contributed by atoms with E-state index in [0.717, 1.165) is 74.9 Å². The first-order valence-corrected chi connectivity index (χ1v) is 9.75. The lowest BCUT2D eigenvalue weighted by atomic mass is 10.3. The molecule has 2 rings (SSSR count). The largest absolute Gasteiger partial charge is 0.494 e. The van der Waals surface area contributed by atoms with Gasteiger partial charge in [0.15, 0.2) is 0 Å². The Labute approximate surface area is 157 Å². The lowest BCUT2D eigenvalue weighted by molar-refractivity contribution is 0.309. The SMILES string of the molecule is CCCCOc1ccc(NCCNc2ccc(OCCCC)cc2)cc1. The van der Waals surface area contributed by atoms with Crippen LogP contribution < -0.4 is 20.1 Å². The molecule has 4 heteroatoms. The summed E-state index contributed by atoms with van der Waals surface area (Å²) in [6.45, 7) is 7.61. The molecule has 0 spiro atoms. The molecular weight excluding hydrogens is 324 g/mol. The second kappa shape index (κ2) is 12.1. The van der Waals surface area contributed by atoms with Crippen molar-refractivity contribution in [1.29, 1.82) is 0 Å². The summed E-state index contributed by atoms with van der Waals surface area (Å²) in [5.74, 6) is 1.87. The normalized spacial score (nSPS) is 10.4. The van der Waals surface area contributed by atoms with Gasteiger partial charge in [-0.15, -0.1) is 0 Å². The van der Waals surface area contributed by atoms with Gasteiger partial charge in [0.25, 0.3) is 0 Å². The van der Waals surface area contributed by atoms with Gasteiger partial charge in [-0.1, -0.05) is 26.7 Å². The van der Waals surface area contributed by atoms with Gasteiger partial charge in [-0.3, -0.25) is 0 Å². The summed E-state index contributed by atoms with van der Waals surface area (Å²) in [5.41, 5.74) is 2.21. The predicted octanol–water partition coefficient (Wildman–Crippen LogP) is 5.57. The Morgan fingerprint density at radius 1 is 0.615 bits per heavy atom. The van der Waals surface area contributed by atoms with Gasteiger partial charge in [-0.2, -0.15) is 0 Å². The molecule has 26 heavy (non-hydrogen) atoms. The predicted molar refractivity (Wildman–Crippen MR) is 111 cm³/mol. The maximum absolute atomic E-state index is 5.67. The monoisotopic (exact) mass is 356 g/mol. The number of rotatable bonds is 13. The molecule has 0 aliphatic rings. The molecule has 0 aliphatic carbocycles. The fourth-order valence-electron chi connectivity index (χ4n) is 2.42. The Morgan fingerprint density at radius 3 is 1.35 bits per heavy atom. The van der Waals surface area contributed by atoms with Gasteiger partial charge in [0, 0.05) is 24.5 Å². The van der Waals surface area contributed by atoms with Gasteiger partial charge in [-0.25, -0.2) is 0 Å². The van der Waals surface area contributed by atoms with Crippen LogP contribution in [0.25, 0.3) is 0 Å². The number of unbranched alkanes of at least 4 members (excludes halogenated alkanes) is 2. The van der Waals surface area contributed by atoms with Gasteiger partial charge in [-0.05, 0) is 61.4 Å². The van der Waals surface area contributed by atoms with Crippen molar-refractivity contribution in [3.05, 3.63) is 48.5 Å². The quantitative estimate of drug-likeness (QED) is 0.461. The summed E-state index contributed by atoms with van der Waals surface area (Å²) < 4.78 is 11.3. The van der Waals surface area contributed by atoms with Crippen LogP contribution in [-0.2, 0) is 0 Å². The topological polar surface area (TPSA) is 42.5 Å². The summed E-state index contributed by atoms with van der Waals surface area (Å²) in [6, 6.07) is 16.3. The number of ether oxygens (including phenoxy) is 2. The van der Waals surface area contributed by atoms with E-state index in [1.54, 1.807) is 0 Å². The van der Waals surface area contributed by atoms with Crippen LogP contribution >= 0.6 is 0 Å². The Morgan fingerprint density at radius 2 is 1.00 bits per heavy atom. The van der Waals surface area contributed by atoms with Crippen molar-refractivity contribution in [2.75, 3.05) is 36.9 Å². The zero-order valence-corrected chi connectivity index (χ0v) is 16.1. The second-order valence-electron chi connectivity index (χ2n) is 6.31. The molecule has 0 unspecified atom stereocenters. The van der Waals surface area contributed by atoms with Gasteiger partial charge in [0.05, 0.1) is 13.2 Å². The number of anilines is 2. The van der Waals surface area contributed by atoms with Gasteiger partial charge in [0.1, 0.15) is 11.5 Å². The van der Waals surface area contributed by atoms with Crippen LogP contribution in [0, 0.1) is 0 Å². The van der Waals surface area contributed by atoms with E-state index in [1.165, 1.54) is 0 Å². The van der Waals surface area contributed by atoms with Gasteiger partial charge >= 0.3 is 0 Å². The number of nitrogens with one attached hydrogen (secondary N) is 2. The maximum atomic E-state index is 5.67. The van der Waals surface area contributed by atoms with Crippen LogP contribution in [0.1, 0.15) is 39.5 Å². The molecule has 0 aliphatic heterocycles. The smallest absolute Gasteiger partial charge is 0.119 e. The van der Waals surface area contributed by atoms with E-state index < -0.39 is 0 Å². The average Bonchev–Trinajstić information content (AvgIpc) is 2.68. The van der Waals surface area contributed by atoms with Crippen LogP contribution in [0.15, 0.2) is 48.5 Å². The van der Waals surface area contributed by atoms with Crippen molar-refractivity contribution in [2.45, 2.75) is 39.5 Å². The second-order valence-corrected chi connectivity index (χ2v) is 6.31. The molecule has 0 aromatic heterocycles. The lowest BCUT2D eigenvalue weighted by Crippen LogP contribution is -2.13. The fraction of sp³-hybridized carbons (Fsp3) is 0.455. The Bertz CT molecular complexity index is 541. The number of benzene rings is 2. The van der Waals surface area contributed by atoms with Crippen molar-refractivity contribution in [2.24, 2.45) is 0 Å². The summed E-state index contributed by atoms with van der Waals surface area (Å²) in [7, 11) is 0. The van der Waals surface area contributed by atoms with E-state index in [4.69, 9.17) is 9.47 Å². The highest BCUT2D eigenvalue weighted by Crippen LogP contribution is 2.17. The molecule has 0 saturated carbocycles. The first-order valence-electron chi connectivity index (χ1n) is 9.75. The highest BCUT2D eigenvalue weighted by atomic mass is 16.5. The van der Waals surface area contributed by atoms with Crippen LogP contribution in [-0.4, -0.2) is 26.3 Å². The van der Waals surface area contributed by atoms with E-state index in [0.29, 0.717) is 0 Å². The van der Waals surface area contributed by atoms with E-state index in [2.05, 4.69) is 48.7 Å². The summed E-state index contributed by atoms with van der Waals surface area (Å²) in [6.07, 6.45) is 4.50. The molecule has 0 atom stereocenters. The van der Waals surface area contributed by atoms with E-state index in [1.807, 2.05) is 24.3 Å². The minimum atomic E-state index is 0.787. The highest BCUT2D eigenvalue weighted by molar-refractivity contribution is 5.48. The molecule has 0 amide bonds. The van der Waals surface area contributed by atoms with Gasteiger partial charge < -0.3 is 20.1 Å². The average molecular weight is 357 g/mol. The molecule has 0 heterocycles. The first-order chi connectivity index (χ1) is 12.8. The minimum Gasteiger partial charge on any atom is -0.494 e. The Balaban J connectivity index is 1.63. The van der Waals surface area contributed by atoms with E-state index in [-0.39, 0.29) is 0 Å². The first kappa shape index (κ1) is 20.0. The minimum absolute atomic E-state index is 0.787. The maximum Gasteiger partial charge on any atom is 0.119 e. The summed E-state index contributed by atoms with van der Waals surface area (Å²) in [4.78, 5) is 0. The zero-order chi connectivity index (χ0) is 18.5. The van der Waals surface area contributed by atoms with Crippen molar-refractivity contribution in [1.82, 2.24) is 0 Å². The van der Waals surface area contributed by atoms with Crippen molar-refractivity contribution < 1.29 is 9.47 Å². The summed E-state index contributed by atoms with van der Waals surface area (Å²) >= 11 is 0. The number of hydrogen-bond acceptors (Lipinski definition) is 4. The molecule has 0 saturated heterocycles. The third-order valence-corrected chi connectivity index (χ3v) is 4.03. The molecular formula is C22H32N2O2. The molecule has 0 radical (unpaired) electrons. The third-order valence-electron chi connectivity index (χ3n) is 4.03. The standard InChI is InChI=1S/C22H32N2O2/c1-3-5-17-25-21-11-7-19(8-12-21)23-15-16-24-20-9-13-22(14-10-20)26-18-6-4-2/h7-14,23-24H,3-6,15-18H2,1-2H3. The summed E-state index contributed by atoms with van der Waals surface area (Å²) in [5, 5.41) is 6.82. The van der Waals surface area contributed by atoms with Gasteiger partial charge in [0.2, 0.25) is 0 Å². The molecule has 142 valence electrons. The Kier molecular flexibility index (Phi) is 9.26. The van der Waals surface area contributed by atoms with E-state index >= 15 is 0 Å². The van der Waals surface area contributed by atoms with Crippen molar-refractivity contribution in [3.63, 3.8) is 0 Å². The molecule has 2 aromatic carbocycles. The van der Waals surface area contributed by atoms with Crippen molar-refractivity contribution in [3.8, 4) is 11.5 Å². The zero-order valence-electron chi connectivity index (χ0n) is 16.1.